The SMILES string of the molecule is COC(=O)c1ccc(CN(CC(c2ccccc2)N2CCN(CCCO)CC2)S(=O)O)cc1. The van der Waals surface area contributed by atoms with E-state index in [0.717, 1.165) is 50.3 Å². The number of ether oxygens (including phenoxy) is 1. The minimum atomic E-state index is -2.15. The van der Waals surface area contributed by atoms with Gasteiger partial charge in [-0.3, -0.25) is 9.45 Å². The fraction of sp³-hybridized carbons (Fsp3) is 0.458. The summed E-state index contributed by atoms with van der Waals surface area (Å²) in [5.74, 6) is -0.411. The van der Waals surface area contributed by atoms with Crippen LogP contribution >= 0.6 is 0 Å². The lowest BCUT2D eigenvalue weighted by Gasteiger charge is -2.40. The van der Waals surface area contributed by atoms with E-state index in [2.05, 4.69) is 21.9 Å². The lowest BCUT2D eigenvalue weighted by molar-refractivity contribution is 0.0600. The van der Waals surface area contributed by atoms with Crippen LogP contribution in [0.25, 0.3) is 0 Å². The molecular weight excluding hydrogens is 442 g/mol. The van der Waals surface area contributed by atoms with Crippen molar-refractivity contribution in [3.05, 3.63) is 71.3 Å². The molecule has 0 bridgehead atoms. The summed E-state index contributed by atoms with van der Waals surface area (Å²) in [4.78, 5) is 16.4. The van der Waals surface area contributed by atoms with E-state index in [0.29, 0.717) is 12.1 Å². The normalized spacial score (nSPS) is 17.1. The van der Waals surface area contributed by atoms with E-state index in [1.165, 1.54) is 7.11 Å². The van der Waals surface area contributed by atoms with Gasteiger partial charge in [0.2, 0.25) is 11.3 Å². The highest BCUT2D eigenvalue weighted by Crippen LogP contribution is 2.25. The van der Waals surface area contributed by atoms with Crippen LogP contribution in [0.1, 0.15) is 33.9 Å². The number of esters is 1. The molecule has 2 atom stereocenters. The summed E-state index contributed by atoms with van der Waals surface area (Å²) in [7, 11) is 1.34. The lowest BCUT2D eigenvalue weighted by Crippen LogP contribution is -2.50. The van der Waals surface area contributed by atoms with Crippen molar-refractivity contribution in [3.63, 3.8) is 0 Å². The molecule has 0 aromatic heterocycles. The van der Waals surface area contributed by atoms with Gasteiger partial charge in [-0.15, -0.1) is 0 Å². The Morgan fingerprint density at radius 1 is 1.09 bits per heavy atom. The van der Waals surface area contributed by atoms with Crippen LogP contribution in [0.15, 0.2) is 54.6 Å². The summed E-state index contributed by atoms with van der Waals surface area (Å²) < 4.78 is 28.6. The minimum Gasteiger partial charge on any atom is -0.465 e. The molecule has 9 heteroatoms. The van der Waals surface area contributed by atoms with Crippen LogP contribution in [-0.2, 0) is 22.5 Å². The van der Waals surface area contributed by atoms with E-state index in [4.69, 9.17) is 9.84 Å². The molecule has 2 aromatic carbocycles. The fourth-order valence-corrected chi connectivity index (χ4v) is 4.67. The van der Waals surface area contributed by atoms with Gasteiger partial charge in [-0.1, -0.05) is 42.5 Å². The van der Waals surface area contributed by atoms with Crippen LogP contribution in [0.3, 0.4) is 0 Å². The highest BCUT2D eigenvalue weighted by Gasteiger charge is 2.28. The van der Waals surface area contributed by atoms with Gasteiger partial charge in [0, 0.05) is 58.5 Å². The Balaban J connectivity index is 1.73. The Morgan fingerprint density at radius 2 is 1.76 bits per heavy atom. The van der Waals surface area contributed by atoms with Crippen molar-refractivity contribution in [1.29, 1.82) is 0 Å². The maximum atomic E-state index is 12.3. The number of carbonyl (C=O) groups excluding carboxylic acids is 1. The Bertz CT molecular complexity index is 889. The quantitative estimate of drug-likeness (QED) is 0.380. The van der Waals surface area contributed by atoms with Crippen LogP contribution < -0.4 is 0 Å². The third kappa shape index (κ3) is 7.43. The highest BCUT2D eigenvalue weighted by molar-refractivity contribution is 7.76. The van der Waals surface area contributed by atoms with Crippen LogP contribution in [-0.4, -0.2) is 86.9 Å². The Labute approximate surface area is 198 Å². The van der Waals surface area contributed by atoms with E-state index in [1.807, 2.05) is 18.2 Å². The zero-order valence-electron chi connectivity index (χ0n) is 19.0. The molecule has 0 aliphatic carbocycles. The number of piperazine rings is 1. The molecule has 3 rings (SSSR count). The highest BCUT2D eigenvalue weighted by atomic mass is 32.2. The molecule has 1 aliphatic rings. The summed E-state index contributed by atoms with van der Waals surface area (Å²) >= 11 is -2.15. The molecule has 0 spiro atoms. The van der Waals surface area contributed by atoms with Gasteiger partial charge in [-0.2, -0.15) is 4.31 Å². The monoisotopic (exact) mass is 475 g/mol. The van der Waals surface area contributed by atoms with Gasteiger partial charge in [0.05, 0.1) is 12.7 Å². The summed E-state index contributed by atoms with van der Waals surface area (Å²) in [5.41, 5.74) is 2.39. The van der Waals surface area contributed by atoms with Crippen molar-refractivity contribution in [3.8, 4) is 0 Å². The third-order valence-corrected chi connectivity index (χ3v) is 6.72. The van der Waals surface area contributed by atoms with E-state index in [1.54, 1.807) is 28.6 Å². The number of carbonyl (C=O) groups is 1. The number of nitrogens with zero attached hydrogens (tertiary/aromatic N) is 3. The summed E-state index contributed by atoms with van der Waals surface area (Å²) in [5, 5.41) is 9.09. The predicted octanol–water partition coefficient (Wildman–Crippen LogP) is 2.15. The Hall–Kier alpha value is -2.14. The van der Waals surface area contributed by atoms with Crippen molar-refractivity contribution in [2.24, 2.45) is 0 Å². The molecule has 2 N–H and O–H groups in total. The van der Waals surface area contributed by atoms with E-state index in [9.17, 15) is 13.6 Å². The van der Waals surface area contributed by atoms with Gasteiger partial charge in [-0.05, 0) is 29.7 Å². The van der Waals surface area contributed by atoms with Crippen molar-refractivity contribution < 1.29 is 23.4 Å². The number of methoxy groups -OCH3 is 1. The zero-order valence-corrected chi connectivity index (χ0v) is 19.8. The topological polar surface area (TPSA) is 93.5 Å². The van der Waals surface area contributed by atoms with Crippen LogP contribution in [0, 0.1) is 0 Å². The second-order valence-electron chi connectivity index (χ2n) is 8.12. The number of aliphatic hydroxyl groups excluding tert-OH is 1. The zero-order chi connectivity index (χ0) is 23.6. The van der Waals surface area contributed by atoms with Crippen molar-refractivity contribution in [2.45, 2.75) is 19.0 Å². The van der Waals surface area contributed by atoms with E-state index < -0.39 is 17.2 Å². The van der Waals surface area contributed by atoms with Gasteiger partial charge >= 0.3 is 5.97 Å². The average molecular weight is 476 g/mol. The second-order valence-corrected chi connectivity index (χ2v) is 9.10. The predicted molar refractivity (Wildman–Crippen MR) is 128 cm³/mol. The minimum absolute atomic E-state index is 0.0309. The van der Waals surface area contributed by atoms with Crippen molar-refractivity contribution >= 4 is 17.2 Å². The molecule has 1 heterocycles. The molecule has 33 heavy (non-hydrogen) atoms. The number of hydrogen-bond acceptors (Lipinski definition) is 6. The Morgan fingerprint density at radius 3 is 2.33 bits per heavy atom. The standard InChI is InChI=1S/C24H33N3O5S/c1-32-24(29)22-10-8-20(9-11-22)18-27(33(30)31)19-23(21-6-3-2-4-7-21)26-15-13-25(14-16-26)12-5-17-28/h2-4,6-11,23,28H,5,12-19H2,1H3,(H,30,31). The fourth-order valence-electron chi connectivity index (χ4n) is 4.14. The first kappa shape index (κ1) is 25.5. The molecule has 0 saturated carbocycles. The van der Waals surface area contributed by atoms with Gasteiger partial charge < -0.3 is 14.7 Å². The Kier molecular flexibility index (Phi) is 9.98. The smallest absolute Gasteiger partial charge is 0.337 e. The first-order valence-electron chi connectivity index (χ1n) is 11.2. The average Bonchev–Trinajstić information content (AvgIpc) is 2.86. The summed E-state index contributed by atoms with van der Waals surface area (Å²) in [6.07, 6.45) is 0.772. The van der Waals surface area contributed by atoms with Gasteiger partial charge in [0.25, 0.3) is 0 Å². The number of hydrogen-bond donors (Lipinski definition) is 2. The second kappa shape index (κ2) is 12.9. The maximum absolute atomic E-state index is 12.3. The molecule has 8 nitrogen and oxygen atoms in total. The first-order valence-corrected chi connectivity index (χ1v) is 12.2. The molecule has 2 aromatic rings. The summed E-state index contributed by atoms with van der Waals surface area (Å²) in [6.45, 7) is 5.27. The van der Waals surface area contributed by atoms with Gasteiger partial charge in [0.1, 0.15) is 0 Å². The van der Waals surface area contributed by atoms with Gasteiger partial charge in [-0.25, -0.2) is 9.00 Å². The van der Waals surface area contributed by atoms with E-state index in [-0.39, 0.29) is 19.2 Å². The molecule has 1 aliphatic heterocycles. The molecule has 0 amide bonds. The molecule has 2 unspecified atom stereocenters. The van der Waals surface area contributed by atoms with Crippen molar-refractivity contribution in [2.75, 3.05) is 53.0 Å². The van der Waals surface area contributed by atoms with Crippen LogP contribution in [0.5, 0.6) is 0 Å². The first-order chi connectivity index (χ1) is 16.0. The van der Waals surface area contributed by atoms with Crippen LogP contribution in [0.4, 0.5) is 0 Å². The van der Waals surface area contributed by atoms with Crippen LogP contribution in [0.2, 0.25) is 0 Å². The summed E-state index contributed by atoms with van der Waals surface area (Å²) in [6, 6.07) is 16.9. The molecule has 0 radical (unpaired) electrons. The maximum Gasteiger partial charge on any atom is 0.337 e. The van der Waals surface area contributed by atoms with Gasteiger partial charge in [0.15, 0.2) is 0 Å². The van der Waals surface area contributed by atoms with Crippen molar-refractivity contribution in [1.82, 2.24) is 14.1 Å². The third-order valence-electron chi connectivity index (χ3n) is 6.00. The molecule has 1 fully saturated rings. The lowest BCUT2D eigenvalue weighted by atomic mass is 10.0. The number of aliphatic hydroxyl groups is 1. The molecule has 180 valence electrons. The number of benzene rings is 2. The molecule has 1 saturated heterocycles. The van der Waals surface area contributed by atoms with E-state index >= 15 is 0 Å². The number of rotatable bonds is 11. The largest absolute Gasteiger partial charge is 0.465 e. The molecular formula is C24H33N3O5S.